The zero-order chi connectivity index (χ0) is 29.3. The first-order chi connectivity index (χ1) is 17.9. The van der Waals surface area contributed by atoms with E-state index in [9.17, 15) is 24.6 Å². The number of alkyl halides is 2. The smallest absolute Gasteiger partial charge is 0.358 e. The van der Waals surface area contributed by atoms with Crippen molar-refractivity contribution in [3.8, 4) is 0 Å². The molecule has 10 nitrogen and oxygen atoms in total. The van der Waals surface area contributed by atoms with Crippen molar-refractivity contribution in [2.24, 2.45) is 5.92 Å². The largest absolute Gasteiger partial charge is 0.457 e. The summed E-state index contributed by atoms with van der Waals surface area (Å²) in [6.07, 6.45) is -2.51. The lowest BCUT2D eigenvalue weighted by Crippen LogP contribution is -2.37. The molecular weight excluding hydrogens is 591 g/mol. The number of rotatable bonds is 5. The molecule has 1 aliphatic rings. The van der Waals surface area contributed by atoms with Gasteiger partial charge in [-0.15, -0.1) is 45.9 Å². The molecule has 39 heavy (non-hydrogen) atoms. The molecule has 0 saturated heterocycles. The summed E-state index contributed by atoms with van der Waals surface area (Å²) < 4.78 is 15.9. The van der Waals surface area contributed by atoms with Crippen LogP contribution in [0.1, 0.15) is 104 Å². The summed E-state index contributed by atoms with van der Waals surface area (Å²) in [5, 5.41) is 24.9. The lowest BCUT2D eigenvalue weighted by Gasteiger charge is -2.30. The van der Waals surface area contributed by atoms with E-state index >= 15 is 0 Å². The van der Waals surface area contributed by atoms with Gasteiger partial charge in [0.25, 0.3) is 0 Å². The summed E-state index contributed by atoms with van der Waals surface area (Å²) in [5.74, 6) is -3.35. The molecule has 0 aromatic carbocycles. The number of thiazole rings is 2. The van der Waals surface area contributed by atoms with Crippen LogP contribution in [-0.2, 0) is 19.0 Å². The summed E-state index contributed by atoms with van der Waals surface area (Å²) >= 11 is 14.2. The quantitative estimate of drug-likeness (QED) is 0.260. The maximum Gasteiger partial charge on any atom is 0.358 e. The number of nitrogens with zero attached hydrogens (tertiary/aromatic N) is 2. The van der Waals surface area contributed by atoms with E-state index in [1.165, 1.54) is 38.5 Å². The van der Waals surface area contributed by atoms with Crippen LogP contribution < -0.4 is 0 Å². The van der Waals surface area contributed by atoms with Gasteiger partial charge in [0, 0.05) is 10.8 Å². The molecule has 0 spiro atoms. The molecule has 2 aromatic heterocycles. The molecule has 0 fully saturated rings. The molecule has 2 N–H and O–H groups in total. The van der Waals surface area contributed by atoms with Gasteiger partial charge < -0.3 is 24.4 Å². The number of ether oxygens (including phenoxy) is 3. The van der Waals surface area contributed by atoms with Crippen molar-refractivity contribution < 1.29 is 38.8 Å². The zero-order valence-electron chi connectivity index (χ0n) is 22.4. The number of aliphatic hydroxyl groups excluding tert-OH is 1. The van der Waals surface area contributed by atoms with Gasteiger partial charge in [0.1, 0.15) is 37.8 Å². The second kappa shape index (κ2) is 12.0. The van der Waals surface area contributed by atoms with Crippen molar-refractivity contribution in [3.05, 3.63) is 32.2 Å². The van der Waals surface area contributed by atoms with E-state index in [0.29, 0.717) is 12.8 Å². The minimum Gasteiger partial charge on any atom is -0.457 e. The molecule has 0 radical (unpaired) electrons. The van der Waals surface area contributed by atoms with Crippen LogP contribution in [0.5, 0.6) is 0 Å². The maximum atomic E-state index is 13.3. The Labute approximate surface area is 244 Å². The SMILES string of the molecule is CC1C(=O)OC(C(C)(C)O)c2nc(cs2)C(=O)OC(C)(C)C(O)c2nc(cs2)C(=O)OC1CCCC(C)(Cl)Cl. The topological polar surface area (TPSA) is 145 Å². The van der Waals surface area contributed by atoms with Gasteiger partial charge in [0.05, 0.1) is 5.92 Å². The molecule has 4 atom stereocenters. The monoisotopic (exact) mass is 622 g/mol. The number of cyclic esters (lactones) is 3. The summed E-state index contributed by atoms with van der Waals surface area (Å²) in [6, 6.07) is 0. The molecule has 216 valence electrons. The van der Waals surface area contributed by atoms with Gasteiger partial charge in [0.15, 0.2) is 17.5 Å². The zero-order valence-corrected chi connectivity index (χ0v) is 25.5. The number of aromatic nitrogens is 2. The van der Waals surface area contributed by atoms with Gasteiger partial charge in [-0.1, -0.05) is 0 Å². The van der Waals surface area contributed by atoms with E-state index in [1.54, 1.807) is 13.8 Å². The number of aliphatic hydroxyl groups is 2. The molecule has 4 bridgehead atoms. The first kappa shape index (κ1) is 31.7. The fourth-order valence-electron chi connectivity index (χ4n) is 3.75. The van der Waals surface area contributed by atoms with Crippen LogP contribution in [0.15, 0.2) is 10.8 Å². The first-order valence-corrected chi connectivity index (χ1v) is 14.7. The van der Waals surface area contributed by atoms with E-state index < -0.39 is 57.7 Å². The Balaban J connectivity index is 2.03. The summed E-state index contributed by atoms with van der Waals surface area (Å²) in [4.78, 5) is 47.7. The fraction of sp³-hybridized carbons (Fsp3) is 0.640. The van der Waals surface area contributed by atoms with Gasteiger partial charge >= 0.3 is 17.9 Å². The number of esters is 3. The van der Waals surface area contributed by atoms with Crippen LogP contribution >= 0.6 is 45.9 Å². The van der Waals surface area contributed by atoms with Crippen molar-refractivity contribution in [2.75, 3.05) is 0 Å². The third-order valence-electron chi connectivity index (χ3n) is 6.10. The van der Waals surface area contributed by atoms with Crippen molar-refractivity contribution in [3.63, 3.8) is 0 Å². The Kier molecular flexibility index (Phi) is 9.72. The number of hydrogen-bond donors (Lipinski definition) is 2. The maximum absolute atomic E-state index is 13.3. The summed E-state index contributed by atoms with van der Waals surface area (Å²) in [5.41, 5.74) is -3.18. The first-order valence-electron chi connectivity index (χ1n) is 12.2. The van der Waals surface area contributed by atoms with Crippen LogP contribution in [0.3, 0.4) is 0 Å². The average molecular weight is 624 g/mol. The van der Waals surface area contributed by atoms with E-state index in [0.717, 1.165) is 22.7 Å². The summed E-state index contributed by atoms with van der Waals surface area (Å²) in [7, 11) is 0. The second-order valence-electron chi connectivity index (χ2n) is 10.7. The van der Waals surface area contributed by atoms with Crippen LogP contribution in [0.2, 0.25) is 0 Å². The Bertz CT molecular complexity index is 1200. The highest BCUT2D eigenvalue weighted by atomic mass is 35.5. The highest BCUT2D eigenvalue weighted by Crippen LogP contribution is 2.36. The highest BCUT2D eigenvalue weighted by Gasteiger charge is 2.41. The second-order valence-corrected chi connectivity index (χ2v) is 14.3. The standard InChI is InChI=1S/C25H32Cl2N2O8S2/c1-12-15(8-7-9-25(6,26)27)35-21(32)13-10-38-18(28-13)16(30)24(4,5)37-22(33)14-11-39-19(29-14)17(23(2,3)34)36-20(12)31/h10-12,15-17,30,34H,7-9H2,1-6H3. The van der Waals surface area contributed by atoms with Crippen molar-refractivity contribution in [1.29, 1.82) is 0 Å². The Hall–Kier alpha value is -1.83. The number of hydrogen-bond acceptors (Lipinski definition) is 12. The number of carbonyl (C=O) groups excluding carboxylic acids is 3. The lowest BCUT2D eigenvalue weighted by atomic mass is 9.97. The fourth-order valence-corrected chi connectivity index (χ4v) is 5.95. The van der Waals surface area contributed by atoms with Gasteiger partial charge in [-0.05, 0) is 60.8 Å². The predicted molar refractivity (Wildman–Crippen MR) is 146 cm³/mol. The van der Waals surface area contributed by atoms with E-state index in [4.69, 9.17) is 37.4 Å². The molecule has 0 saturated carbocycles. The summed E-state index contributed by atoms with van der Waals surface area (Å²) in [6.45, 7) is 9.05. The van der Waals surface area contributed by atoms with Crippen LogP contribution in [-0.4, -0.2) is 59.7 Å². The Morgan fingerprint density at radius 3 is 2.15 bits per heavy atom. The van der Waals surface area contributed by atoms with Crippen molar-refractivity contribution in [1.82, 2.24) is 9.97 Å². The molecule has 3 heterocycles. The number of halogens is 2. The molecule has 0 amide bonds. The number of fused-ring (bicyclic) bond motifs is 4. The Morgan fingerprint density at radius 1 is 1.00 bits per heavy atom. The Morgan fingerprint density at radius 2 is 1.56 bits per heavy atom. The molecule has 2 aromatic rings. The average Bonchev–Trinajstić information content (AvgIpc) is 3.48. The number of carbonyl (C=O) groups is 3. The van der Waals surface area contributed by atoms with E-state index in [1.807, 2.05) is 0 Å². The third-order valence-corrected chi connectivity index (χ3v) is 8.27. The van der Waals surface area contributed by atoms with Gasteiger partial charge in [-0.2, -0.15) is 0 Å². The molecule has 3 rings (SSSR count). The molecular formula is C25H32Cl2N2O8S2. The minimum atomic E-state index is -1.57. The highest BCUT2D eigenvalue weighted by molar-refractivity contribution is 7.10. The lowest BCUT2D eigenvalue weighted by molar-refractivity contribution is -0.171. The minimum absolute atomic E-state index is 0.0799. The molecule has 4 unspecified atom stereocenters. The van der Waals surface area contributed by atoms with Crippen LogP contribution in [0, 0.1) is 5.92 Å². The van der Waals surface area contributed by atoms with Crippen LogP contribution in [0.25, 0.3) is 0 Å². The van der Waals surface area contributed by atoms with Gasteiger partial charge in [-0.25, -0.2) is 19.6 Å². The van der Waals surface area contributed by atoms with Crippen molar-refractivity contribution in [2.45, 2.75) is 94.7 Å². The molecule has 0 aliphatic carbocycles. The molecule has 14 heteroatoms. The van der Waals surface area contributed by atoms with Crippen LogP contribution in [0.4, 0.5) is 0 Å². The normalized spacial score (nSPS) is 24.9. The van der Waals surface area contributed by atoms with E-state index in [2.05, 4.69) is 9.97 Å². The van der Waals surface area contributed by atoms with Gasteiger partial charge in [0.2, 0.25) is 0 Å². The van der Waals surface area contributed by atoms with Crippen molar-refractivity contribution >= 4 is 63.8 Å². The van der Waals surface area contributed by atoms with E-state index in [-0.39, 0.29) is 27.8 Å². The third kappa shape index (κ3) is 8.11. The van der Waals surface area contributed by atoms with Gasteiger partial charge in [-0.3, -0.25) is 4.79 Å². The molecule has 1 aliphatic heterocycles. The predicted octanol–water partition coefficient (Wildman–Crippen LogP) is 5.16.